The highest BCUT2D eigenvalue weighted by atomic mass is 16.5. The average Bonchev–Trinajstić information content (AvgIpc) is 2.91. The Hall–Kier alpha value is -1.56. The van der Waals surface area contributed by atoms with Crippen LogP contribution >= 0.6 is 0 Å². The van der Waals surface area contributed by atoms with E-state index in [1.165, 1.54) is 11.1 Å². The summed E-state index contributed by atoms with van der Waals surface area (Å²) in [6.45, 7) is 0.984. The summed E-state index contributed by atoms with van der Waals surface area (Å²) < 4.78 is 16.0. The highest BCUT2D eigenvalue weighted by Gasteiger charge is 2.63. The van der Waals surface area contributed by atoms with E-state index >= 15 is 0 Å². The maximum absolute atomic E-state index is 10.5. The predicted molar refractivity (Wildman–Crippen MR) is 90.8 cm³/mol. The van der Waals surface area contributed by atoms with E-state index in [9.17, 15) is 5.11 Å². The van der Waals surface area contributed by atoms with Crippen molar-refractivity contribution in [3.05, 3.63) is 35.4 Å². The first kappa shape index (κ1) is 15.9. The van der Waals surface area contributed by atoms with Crippen LogP contribution in [0.25, 0.3) is 0 Å². The number of hydrogen-bond donors (Lipinski definition) is 2. The van der Waals surface area contributed by atoms with Crippen molar-refractivity contribution in [2.24, 2.45) is 5.92 Å². The molecule has 5 rings (SSSR count). The van der Waals surface area contributed by atoms with Crippen molar-refractivity contribution < 1.29 is 19.3 Å². The number of aliphatic hydroxyl groups is 1. The highest BCUT2D eigenvalue weighted by molar-refractivity contribution is 5.62. The van der Waals surface area contributed by atoms with Crippen LogP contribution in [-0.4, -0.2) is 51.2 Å². The van der Waals surface area contributed by atoms with Crippen molar-refractivity contribution in [1.29, 1.82) is 0 Å². The molecule has 5 heteroatoms. The lowest BCUT2D eigenvalue weighted by molar-refractivity contribution is -0.0177. The molecule has 5 atom stereocenters. The Morgan fingerprint density at radius 3 is 2.79 bits per heavy atom. The summed E-state index contributed by atoms with van der Waals surface area (Å²) in [5.74, 6) is 2.06. The molecule has 2 N–H and O–H groups in total. The van der Waals surface area contributed by atoms with E-state index in [1.807, 2.05) is 12.1 Å². The third-order valence-electron chi connectivity index (χ3n) is 5.88. The lowest BCUT2D eigenvalue weighted by atomic mass is 9.54. The Bertz CT molecular complexity index is 674. The van der Waals surface area contributed by atoms with Crippen LogP contribution in [-0.2, 0) is 16.6 Å². The van der Waals surface area contributed by atoms with E-state index in [2.05, 4.69) is 22.2 Å². The molecular formula is C19H25NO4. The number of nitrogens with one attached hydrogen (secondary N) is 1. The minimum absolute atomic E-state index is 0.0818. The average molecular weight is 331 g/mol. The molecule has 1 spiro atoms. The molecule has 2 aliphatic carbocycles. The van der Waals surface area contributed by atoms with E-state index in [4.69, 9.17) is 9.47 Å². The maximum atomic E-state index is 10.5. The third kappa shape index (κ3) is 1.92. The smallest absolute Gasteiger partial charge is 0.165 e. The van der Waals surface area contributed by atoms with Crippen LogP contribution in [0.5, 0.6) is 11.5 Å². The fourth-order valence-electron chi connectivity index (χ4n) is 5.13. The molecule has 0 unspecified atom stereocenters. The molecule has 1 saturated heterocycles. The van der Waals surface area contributed by atoms with Crippen molar-refractivity contribution in [3.8, 4) is 11.5 Å². The van der Waals surface area contributed by atoms with Gasteiger partial charge in [-0.05, 0) is 31.0 Å². The molecule has 5 nitrogen and oxygen atoms in total. The van der Waals surface area contributed by atoms with Crippen LogP contribution in [0.1, 0.15) is 17.5 Å². The number of rotatable bonds is 1. The van der Waals surface area contributed by atoms with Gasteiger partial charge in [0.2, 0.25) is 0 Å². The normalized spacial score (nSPS) is 37.0. The van der Waals surface area contributed by atoms with Crippen molar-refractivity contribution >= 4 is 0 Å². The second-order valence-electron chi connectivity index (χ2n) is 7.03. The SMILES string of the molecule is COC.COc1ccc2c3c1O[C@H]1[C@@H](O)C=C[C@H]4[C@@H](C2)NCC[C@@]341. The van der Waals surface area contributed by atoms with Gasteiger partial charge in [0.05, 0.1) is 7.11 Å². The van der Waals surface area contributed by atoms with E-state index in [0.29, 0.717) is 12.0 Å². The molecule has 1 aromatic carbocycles. The van der Waals surface area contributed by atoms with Crippen LogP contribution in [0.15, 0.2) is 24.3 Å². The third-order valence-corrected chi connectivity index (χ3v) is 5.88. The van der Waals surface area contributed by atoms with E-state index < -0.39 is 6.10 Å². The summed E-state index contributed by atoms with van der Waals surface area (Å²) in [5, 5.41) is 14.1. The molecule has 24 heavy (non-hydrogen) atoms. The lowest BCUT2D eigenvalue weighted by Gasteiger charge is -2.53. The standard InChI is InChI=1S/C17H19NO3.C2H6O/c1-20-13-5-2-9-8-11-10-3-4-12(19)16-17(10,6-7-18-11)14(9)15(13)21-16;1-3-2/h2-5,10-12,16,18-19H,6-8H2,1H3;1-2H3/t10-,11+,12-,16-,17-;/m0./s1. The molecule has 4 aliphatic rings. The fourth-order valence-corrected chi connectivity index (χ4v) is 5.13. The van der Waals surface area contributed by atoms with Gasteiger partial charge in [-0.3, -0.25) is 0 Å². The fraction of sp³-hybridized carbons (Fsp3) is 0.579. The van der Waals surface area contributed by atoms with Gasteiger partial charge in [0.25, 0.3) is 0 Å². The Balaban J connectivity index is 0.000000455. The van der Waals surface area contributed by atoms with Gasteiger partial charge in [-0.25, -0.2) is 0 Å². The van der Waals surface area contributed by atoms with Gasteiger partial charge >= 0.3 is 0 Å². The van der Waals surface area contributed by atoms with Crippen molar-refractivity contribution in [3.63, 3.8) is 0 Å². The monoisotopic (exact) mass is 331 g/mol. The minimum atomic E-state index is -0.539. The summed E-state index contributed by atoms with van der Waals surface area (Å²) in [5.41, 5.74) is 2.57. The Kier molecular flexibility index (Phi) is 3.82. The van der Waals surface area contributed by atoms with Crippen LogP contribution < -0.4 is 14.8 Å². The van der Waals surface area contributed by atoms with Gasteiger partial charge in [-0.15, -0.1) is 0 Å². The van der Waals surface area contributed by atoms with Gasteiger partial charge in [0.15, 0.2) is 11.5 Å². The highest BCUT2D eigenvalue weighted by Crippen LogP contribution is 2.61. The van der Waals surface area contributed by atoms with Crippen LogP contribution in [0, 0.1) is 5.92 Å². The zero-order valence-corrected chi connectivity index (χ0v) is 14.4. The Labute approximate surface area is 142 Å². The first-order chi connectivity index (χ1) is 11.7. The van der Waals surface area contributed by atoms with Gasteiger partial charge < -0.3 is 24.6 Å². The van der Waals surface area contributed by atoms with Gasteiger partial charge in [0.1, 0.15) is 12.2 Å². The van der Waals surface area contributed by atoms with Crippen LogP contribution in [0.4, 0.5) is 0 Å². The number of methoxy groups -OCH3 is 2. The first-order valence-corrected chi connectivity index (χ1v) is 8.54. The van der Waals surface area contributed by atoms with Crippen LogP contribution in [0.3, 0.4) is 0 Å². The quantitative estimate of drug-likeness (QED) is 0.762. The molecule has 0 amide bonds. The molecule has 0 saturated carbocycles. The second-order valence-corrected chi connectivity index (χ2v) is 7.03. The summed E-state index contributed by atoms with van der Waals surface area (Å²) in [4.78, 5) is 0. The second kappa shape index (κ2) is 5.76. The number of benzene rings is 1. The van der Waals surface area contributed by atoms with Crippen molar-refractivity contribution in [2.45, 2.75) is 36.5 Å². The van der Waals surface area contributed by atoms with E-state index in [1.54, 1.807) is 21.3 Å². The van der Waals surface area contributed by atoms with Crippen molar-refractivity contribution in [2.75, 3.05) is 27.9 Å². The molecule has 2 aliphatic heterocycles. The van der Waals surface area contributed by atoms with Gasteiger partial charge in [-0.2, -0.15) is 0 Å². The van der Waals surface area contributed by atoms with Gasteiger partial charge in [0, 0.05) is 37.2 Å². The Morgan fingerprint density at radius 2 is 2.04 bits per heavy atom. The largest absolute Gasteiger partial charge is 0.493 e. The van der Waals surface area contributed by atoms with E-state index in [-0.39, 0.29) is 11.5 Å². The zero-order valence-electron chi connectivity index (χ0n) is 14.4. The lowest BCUT2D eigenvalue weighted by Crippen LogP contribution is -2.64. The van der Waals surface area contributed by atoms with Gasteiger partial charge in [-0.1, -0.05) is 18.2 Å². The molecular weight excluding hydrogens is 306 g/mol. The molecule has 0 aromatic heterocycles. The molecule has 1 fully saturated rings. The summed E-state index contributed by atoms with van der Waals surface area (Å²) in [6.07, 6.45) is 5.43. The Morgan fingerprint density at radius 1 is 1.25 bits per heavy atom. The minimum Gasteiger partial charge on any atom is -0.493 e. The number of piperidine rings is 1. The number of ether oxygens (including phenoxy) is 3. The molecule has 2 bridgehead atoms. The summed E-state index contributed by atoms with van der Waals surface area (Å²) >= 11 is 0. The summed E-state index contributed by atoms with van der Waals surface area (Å²) in [6, 6.07) is 4.62. The molecule has 130 valence electrons. The van der Waals surface area contributed by atoms with Crippen LogP contribution in [0.2, 0.25) is 0 Å². The molecule has 1 aromatic rings. The number of aliphatic hydroxyl groups excluding tert-OH is 1. The topological polar surface area (TPSA) is 60.0 Å². The predicted octanol–water partition coefficient (Wildman–Crippen LogP) is 1.42. The summed E-state index contributed by atoms with van der Waals surface area (Å²) in [7, 11) is 4.93. The molecule has 0 radical (unpaired) electrons. The first-order valence-electron chi connectivity index (χ1n) is 8.54. The maximum Gasteiger partial charge on any atom is 0.165 e. The number of hydrogen-bond acceptors (Lipinski definition) is 5. The van der Waals surface area contributed by atoms with E-state index in [0.717, 1.165) is 30.9 Å². The molecule has 2 heterocycles. The van der Waals surface area contributed by atoms with Crippen molar-refractivity contribution in [1.82, 2.24) is 5.32 Å². The zero-order chi connectivity index (χ0) is 16.9.